The summed E-state index contributed by atoms with van der Waals surface area (Å²) in [6, 6.07) is 14.3. The van der Waals surface area contributed by atoms with Crippen LogP contribution < -0.4 is 5.32 Å². The van der Waals surface area contributed by atoms with E-state index in [9.17, 15) is 9.90 Å². The Morgan fingerprint density at radius 1 is 1.29 bits per heavy atom. The Labute approximate surface area is 185 Å². The zero-order valence-corrected chi connectivity index (χ0v) is 18.1. The molecule has 1 aromatic carbocycles. The van der Waals surface area contributed by atoms with Gasteiger partial charge in [0.25, 0.3) is 0 Å². The molecule has 2 unspecified atom stereocenters. The van der Waals surface area contributed by atoms with Gasteiger partial charge in [0.1, 0.15) is 17.6 Å². The van der Waals surface area contributed by atoms with Crippen LogP contribution in [0.3, 0.4) is 0 Å². The highest BCUT2D eigenvalue weighted by atomic mass is 32.1. The number of nitrogens with one attached hydrogen (secondary N) is 1. The van der Waals surface area contributed by atoms with Crippen molar-refractivity contribution in [3.63, 3.8) is 0 Å². The quantitative estimate of drug-likeness (QED) is 0.537. The molecule has 2 N–H and O–H groups in total. The van der Waals surface area contributed by atoms with Crippen molar-refractivity contribution >= 4 is 23.3 Å². The topological polar surface area (TPSA) is 87.8 Å². The highest BCUT2D eigenvalue weighted by molar-refractivity contribution is 7.80. The molecular weight excluding hydrogens is 414 g/mol. The van der Waals surface area contributed by atoms with Gasteiger partial charge in [-0.25, -0.2) is 4.79 Å². The molecule has 1 saturated heterocycles. The van der Waals surface area contributed by atoms with Crippen LogP contribution in [0.2, 0.25) is 0 Å². The van der Waals surface area contributed by atoms with Gasteiger partial charge in [-0.1, -0.05) is 12.1 Å². The molecule has 0 amide bonds. The molecule has 160 valence electrons. The van der Waals surface area contributed by atoms with Crippen LogP contribution in [0.4, 0.5) is 0 Å². The van der Waals surface area contributed by atoms with Crippen LogP contribution in [-0.4, -0.2) is 46.3 Å². The zero-order chi connectivity index (χ0) is 22.0. The molecule has 0 spiro atoms. The molecule has 0 aliphatic carbocycles. The number of methoxy groups -OCH3 is 1. The number of nitrogens with zero attached hydrogens (tertiary/aromatic N) is 2. The molecule has 3 heterocycles. The first-order chi connectivity index (χ1) is 15.0. The SMILES string of the molecule is COCCN1C(=S)NC(c2ccccn2)C1c1ccc(-c2ccc(C(=O)O)cc2C)o1. The Bertz CT molecular complexity index is 1100. The Morgan fingerprint density at radius 2 is 2.13 bits per heavy atom. The van der Waals surface area contributed by atoms with Crippen LogP contribution in [0, 0.1) is 6.92 Å². The number of benzene rings is 1. The lowest BCUT2D eigenvalue weighted by molar-refractivity contribution is 0.0696. The minimum atomic E-state index is -0.952. The van der Waals surface area contributed by atoms with E-state index in [-0.39, 0.29) is 17.6 Å². The van der Waals surface area contributed by atoms with Crippen molar-refractivity contribution in [3.05, 3.63) is 77.3 Å². The molecule has 4 rings (SSSR count). The Kier molecular flexibility index (Phi) is 6.01. The fourth-order valence-corrected chi connectivity index (χ4v) is 4.21. The predicted octanol–water partition coefficient (Wildman–Crippen LogP) is 3.97. The van der Waals surface area contributed by atoms with Crippen molar-refractivity contribution in [2.24, 2.45) is 0 Å². The second-order valence-corrected chi connectivity index (χ2v) is 7.74. The summed E-state index contributed by atoms with van der Waals surface area (Å²) in [5, 5.41) is 13.2. The van der Waals surface area contributed by atoms with E-state index >= 15 is 0 Å². The largest absolute Gasteiger partial charge is 0.478 e. The Balaban J connectivity index is 1.71. The predicted molar refractivity (Wildman–Crippen MR) is 120 cm³/mol. The fourth-order valence-electron chi connectivity index (χ4n) is 3.87. The number of thiocarbonyl (C=S) groups is 1. The van der Waals surface area contributed by atoms with Crippen molar-refractivity contribution in [2.75, 3.05) is 20.3 Å². The first-order valence-electron chi connectivity index (χ1n) is 9.90. The molecule has 2 aromatic heterocycles. The number of furan rings is 1. The number of hydrogen-bond acceptors (Lipinski definition) is 5. The molecule has 1 aliphatic rings. The van der Waals surface area contributed by atoms with Gasteiger partial charge in [-0.05, 0) is 61.1 Å². The Hall–Kier alpha value is -3.23. The van der Waals surface area contributed by atoms with Gasteiger partial charge in [-0.3, -0.25) is 4.98 Å². The number of aromatic carboxylic acids is 1. The number of hydrogen-bond donors (Lipinski definition) is 2. The molecule has 1 fully saturated rings. The molecular formula is C23H23N3O4S. The summed E-state index contributed by atoms with van der Waals surface area (Å²) in [7, 11) is 1.66. The number of ether oxygens (including phenoxy) is 1. The van der Waals surface area contributed by atoms with Crippen molar-refractivity contribution in [1.29, 1.82) is 0 Å². The van der Waals surface area contributed by atoms with Crippen molar-refractivity contribution in [3.8, 4) is 11.3 Å². The van der Waals surface area contributed by atoms with E-state index in [0.717, 1.165) is 22.6 Å². The van der Waals surface area contributed by atoms with Crippen molar-refractivity contribution < 1.29 is 19.1 Å². The molecule has 31 heavy (non-hydrogen) atoms. The summed E-state index contributed by atoms with van der Waals surface area (Å²) < 4.78 is 11.6. The van der Waals surface area contributed by atoms with E-state index in [2.05, 4.69) is 15.2 Å². The first kappa shape index (κ1) is 21.0. The van der Waals surface area contributed by atoms with E-state index in [0.29, 0.717) is 24.0 Å². The van der Waals surface area contributed by atoms with Gasteiger partial charge in [-0.2, -0.15) is 0 Å². The third kappa shape index (κ3) is 4.17. The molecule has 3 aromatic rings. The summed E-state index contributed by atoms with van der Waals surface area (Å²) >= 11 is 5.60. The highest BCUT2D eigenvalue weighted by Crippen LogP contribution is 2.40. The van der Waals surface area contributed by atoms with Gasteiger partial charge >= 0.3 is 5.97 Å². The van der Waals surface area contributed by atoms with Gasteiger partial charge < -0.3 is 24.5 Å². The molecule has 7 nitrogen and oxygen atoms in total. The zero-order valence-electron chi connectivity index (χ0n) is 17.2. The molecule has 2 atom stereocenters. The summed E-state index contributed by atoms with van der Waals surface area (Å²) in [6.07, 6.45) is 1.76. The summed E-state index contributed by atoms with van der Waals surface area (Å²) in [5.74, 6) is 0.469. The van der Waals surface area contributed by atoms with Gasteiger partial charge in [0.15, 0.2) is 5.11 Å². The third-order valence-corrected chi connectivity index (χ3v) is 5.74. The third-order valence-electron chi connectivity index (χ3n) is 5.39. The Morgan fingerprint density at radius 3 is 2.81 bits per heavy atom. The van der Waals surface area contributed by atoms with Crippen molar-refractivity contribution in [2.45, 2.75) is 19.0 Å². The lowest BCUT2D eigenvalue weighted by Gasteiger charge is -2.25. The van der Waals surface area contributed by atoms with Gasteiger partial charge in [0, 0.05) is 25.4 Å². The molecule has 1 aliphatic heterocycles. The summed E-state index contributed by atoms with van der Waals surface area (Å²) in [4.78, 5) is 17.8. The van der Waals surface area contributed by atoms with Crippen LogP contribution in [-0.2, 0) is 4.74 Å². The number of carbonyl (C=O) groups is 1. The average Bonchev–Trinajstić information content (AvgIpc) is 3.37. The van der Waals surface area contributed by atoms with Crippen LogP contribution in [0.5, 0.6) is 0 Å². The lowest BCUT2D eigenvalue weighted by atomic mass is 10.0. The number of aryl methyl sites for hydroxylation is 1. The highest BCUT2D eigenvalue weighted by Gasteiger charge is 2.41. The fraction of sp³-hybridized carbons (Fsp3) is 0.261. The van der Waals surface area contributed by atoms with E-state index in [4.69, 9.17) is 21.4 Å². The second-order valence-electron chi connectivity index (χ2n) is 7.35. The number of aromatic nitrogens is 1. The summed E-state index contributed by atoms with van der Waals surface area (Å²) in [6.45, 7) is 3.01. The van der Waals surface area contributed by atoms with Crippen LogP contribution in [0.15, 0.2) is 59.1 Å². The van der Waals surface area contributed by atoms with Gasteiger partial charge in [-0.15, -0.1) is 0 Å². The van der Waals surface area contributed by atoms with E-state index < -0.39 is 5.97 Å². The molecule has 0 bridgehead atoms. The second kappa shape index (κ2) is 8.87. The van der Waals surface area contributed by atoms with Crippen LogP contribution in [0.1, 0.15) is 39.5 Å². The smallest absolute Gasteiger partial charge is 0.335 e. The normalized spacial score (nSPS) is 18.3. The lowest BCUT2D eigenvalue weighted by Crippen LogP contribution is -2.32. The van der Waals surface area contributed by atoms with E-state index in [1.807, 2.05) is 37.3 Å². The summed E-state index contributed by atoms with van der Waals surface area (Å²) in [5.41, 5.74) is 2.80. The number of carboxylic acid groups (broad SMARTS) is 1. The minimum Gasteiger partial charge on any atom is -0.478 e. The first-order valence-corrected chi connectivity index (χ1v) is 10.3. The average molecular weight is 438 g/mol. The van der Waals surface area contributed by atoms with Gasteiger partial charge in [0.05, 0.1) is 23.9 Å². The van der Waals surface area contributed by atoms with Crippen molar-refractivity contribution in [1.82, 2.24) is 15.2 Å². The molecule has 0 radical (unpaired) electrons. The standard InChI is InChI=1S/C23H23N3O4S/c1-14-13-15(22(27)28)6-7-16(14)18-8-9-19(30-18)21-20(17-5-3-4-10-24-17)25-23(31)26(21)11-12-29-2/h3-10,13,20-21H,11-12H2,1-2H3,(H,25,31)(H,27,28). The maximum absolute atomic E-state index is 11.2. The number of pyridine rings is 1. The number of rotatable bonds is 7. The minimum absolute atomic E-state index is 0.167. The molecule has 8 heteroatoms. The number of carboxylic acids is 1. The van der Waals surface area contributed by atoms with Crippen LogP contribution >= 0.6 is 12.2 Å². The van der Waals surface area contributed by atoms with Gasteiger partial charge in [0.2, 0.25) is 0 Å². The molecule has 0 saturated carbocycles. The maximum atomic E-state index is 11.2. The monoisotopic (exact) mass is 437 g/mol. The van der Waals surface area contributed by atoms with E-state index in [1.165, 1.54) is 0 Å². The van der Waals surface area contributed by atoms with E-state index in [1.54, 1.807) is 31.5 Å². The van der Waals surface area contributed by atoms with Crippen LogP contribution in [0.25, 0.3) is 11.3 Å². The maximum Gasteiger partial charge on any atom is 0.335 e.